The monoisotopic (exact) mass is 329 g/mol. The van der Waals surface area contributed by atoms with Gasteiger partial charge in [0.05, 0.1) is 5.69 Å². The number of aromatic nitrogens is 2. The highest BCUT2D eigenvalue weighted by molar-refractivity contribution is 5.72. The van der Waals surface area contributed by atoms with Crippen molar-refractivity contribution in [3.05, 3.63) is 47.3 Å². The number of ether oxygens (including phenoxy) is 1. The Kier molecular flexibility index (Phi) is 4.85. The maximum Gasteiger partial charge on any atom is 0.344 e. The highest BCUT2D eigenvalue weighted by atomic mass is 16.5. The van der Waals surface area contributed by atoms with Gasteiger partial charge in [-0.2, -0.15) is 5.10 Å². The van der Waals surface area contributed by atoms with Crippen LogP contribution in [0.15, 0.2) is 30.3 Å². The second kappa shape index (κ2) is 7.05. The van der Waals surface area contributed by atoms with Gasteiger partial charge in [0.1, 0.15) is 5.75 Å². The van der Waals surface area contributed by atoms with Crippen LogP contribution in [-0.4, -0.2) is 39.3 Å². The molecule has 0 amide bonds. The molecule has 0 bridgehead atoms. The molecule has 1 fully saturated rings. The maximum absolute atomic E-state index is 11.0. The first-order valence-electron chi connectivity index (χ1n) is 8.23. The van der Waals surface area contributed by atoms with Gasteiger partial charge in [-0.15, -0.1) is 0 Å². The van der Waals surface area contributed by atoms with E-state index < -0.39 is 12.1 Å². The zero-order chi connectivity index (χ0) is 17.1. The molecule has 2 N–H and O–H groups in total. The molecule has 1 atom stereocenters. The molecular formula is C18H23N3O3. The van der Waals surface area contributed by atoms with Crippen LogP contribution in [-0.2, 0) is 17.9 Å². The summed E-state index contributed by atoms with van der Waals surface area (Å²) in [7, 11) is 2.02. The summed E-state index contributed by atoms with van der Waals surface area (Å²) in [5, 5.41) is 16.5. The minimum Gasteiger partial charge on any atom is -0.479 e. The summed E-state index contributed by atoms with van der Waals surface area (Å²) in [6.45, 7) is 2.95. The molecule has 1 aliphatic carbocycles. The van der Waals surface area contributed by atoms with E-state index in [2.05, 4.69) is 21.2 Å². The number of benzene rings is 1. The smallest absolute Gasteiger partial charge is 0.344 e. The van der Waals surface area contributed by atoms with Crippen molar-refractivity contribution in [2.75, 3.05) is 7.05 Å². The number of nitrogens with one attached hydrogen (secondary N) is 1. The Hall–Kier alpha value is -2.34. The molecule has 1 unspecified atom stereocenters. The Morgan fingerprint density at radius 3 is 2.88 bits per heavy atom. The summed E-state index contributed by atoms with van der Waals surface area (Å²) in [5.74, 6) is 0.290. The van der Waals surface area contributed by atoms with E-state index in [1.165, 1.54) is 19.8 Å². The van der Waals surface area contributed by atoms with Crippen molar-refractivity contribution >= 4 is 5.97 Å². The summed E-state index contributed by atoms with van der Waals surface area (Å²) >= 11 is 0. The van der Waals surface area contributed by atoms with Gasteiger partial charge >= 0.3 is 5.97 Å². The van der Waals surface area contributed by atoms with E-state index in [1.807, 2.05) is 31.3 Å². The van der Waals surface area contributed by atoms with Gasteiger partial charge in [0.15, 0.2) is 6.10 Å². The van der Waals surface area contributed by atoms with Crippen LogP contribution in [0.4, 0.5) is 0 Å². The summed E-state index contributed by atoms with van der Waals surface area (Å²) in [5.41, 5.74) is 3.23. The molecule has 1 aliphatic rings. The number of carboxylic acid groups (broad SMARTS) is 1. The van der Waals surface area contributed by atoms with Gasteiger partial charge in [-0.05, 0) is 38.9 Å². The fraction of sp³-hybridized carbons (Fsp3) is 0.444. The molecule has 1 heterocycles. The normalized spacial score (nSPS) is 15.5. The van der Waals surface area contributed by atoms with Gasteiger partial charge in [0.25, 0.3) is 0 Å². The summed E-state index contributed by atoms with van der Waals surface area (Å²) in [4.78, 5) is 13.1. The molecule has 0 radical (unpaired) electrons. The highest BCUT2D eigenvalue weighted by Crippen LogP contribution is 2.39. The number of aromatic amines is 1. The van der Waals surface area contributed by atoms with Crippen LogP contribution < -0.4 is 4.74 Å². The average Bonchev–Trinajstić information content (AvgIpc) is 3.29. The molecule has 0 saturated heterocycles. The van der Waals surface area contributed by atoms with E-state index in [9.17, 15) is 4.79 Å². The number of carbonyl (C=O) groups is 1. The minimum atomic E-state index is -0.969. The van der Waals surface area contributed by atoms with Gasteiger partial charge in [-0.3, -0.25) is 10.00 Å². The van der Waals surface area contributed by atoms with E-state index in [-0.39, 0.29) is 0 Å². The van der Waals surface area contributed by atoms with Crippen LogP contribution in [0.5, 0.6) is 5.75 Å². The first kappa shape index (κ1) is 16.5. The molecule has 6 heteroatoms. The van der Waals surface area contributed by atoms with Crippen molar-refractivity contribution < 1.29 is 14.6 Å². The van der Waals surface area contributed by atoms with Crippen molar-refractivity contribution in [3.8, 4) is 5.75 Å². The lowest BCUT2D eigenvalue weighted by Crippen LogP contribution is -2.24. The van der Waals surface area contributed by atoms with Gasteiger partial charge in [0.2, 0.25) is 0 Å². The van der Waals surface area contributed by atoms with Crippen LogP contribution in [0.1, 0.15) is 42.6 Å². The number of hydrogen-bond acceptors (Lipinski definition) is 4. The maximum atomic E-state index is 11.0. The minimum absolute atomic E-state index is 0.613. The van der Waals surface area contributed by atoms with E-state index in [4.69, 9.17) is 9.84 Å². The standard InChI is InChI=1S/C18H23N3O3/c1-12(18(22)23)24-17-6-4-3-5-14(17)10-21(2)11-15-9-16(20-19-15)13-7-8-13/h3-6,9,12-13H,7-8,10-11H2,1-2H3,(H,19,20)(H,22,23). The first-order chi connectivity index (χ1) is 11.5. The fourth-order valence-corrected chi connectivity index (χ4v) is 2.68. The second-order valence-electron chi connectivity index (χ2n) is 6.47. The Labute approximate surface area is 141 Å². The van der Waals surface area contributed by atoms with Crippen molar-refractivity contribution in [1.82, 2.24) is 15.1 Å². The third-order valence-corrected chi connectivity index (χ3v) is 4.15. The number of H-pyrrole nitrogens is 1. The van der Waals surface area contributed by atoms with Crippen LogP contribution in [0, 0.1) is 0 Å². The molecule has 1 aromatic carbocycles. The molecule has 1 aromatic heterocycles. The van der Waals surface area contributed by atoms with Gasteiger partial charge in [-0.1, -0.05) is 18.2 Å². The van der Waals surface area contributed by atoms with Crippen LogP contribution >= 0.6 is 0 Å². The van der Waals surface area contributed by atoms with E-state index in [1.54, 1.807) is 0 Å². The zero-order valence-electron chi connectivity index (χ0n) is 14.0. The lowest BCUT2D eigenvalue weighted by Gasteiger charge is -2.19. The Morgan fingerprint density at radius 1 is 1.42 bits per heavy atom. The Balaban J connectivity index is 1.62. The SMILES string of the molecule is CC(Oc1ccccc1CN(C)Cc1cc(C2CC2)n[nH]1)C(=O)O. The summed E-state index contributed by atoms with van der Waals surface area (Å²) in [6, 6.07) is 9.70. The zero-order valence-corrected chi connectivity index (χ0v) is 14.0. The molecule has 0 aliphatic heterocycles. The predicted octanol–water partition coefficient (Wildman–Crippen LogP) is 2.77. The molecule has 1 saturated carbocycles. The lowest BCUT2D eigenvalue weighted by atomic mass is 10.2. The topological polar surface area (TPSA) is 78.5 Å². The van der Waals surface area contributed by atoms with E-state index in [0.717, 1.165) is 23.5 Å². The molecular weight excluding hydrogens is 306 g/mol. The molecule has 3 rings (SSSR count). The van der Waals surface area contributed by atoms with E-state index >= 15 is 0 Å². The van der Waals surface area contributed by atoms with E-state index in [0.29, 0.717) is 18.2 Å². The van der Waals surface area contributed by atoms with Gasteiger partial charge in [0, 0.05) is 30.3 Å². The summed E-state index contributed by atoms with van der Waals surface area (Å²) in [6.07, 6.45) is 1.62. The molecule has 0 spiro atoms. The molecule has 6 nitrogen and oxygen atoms in total. The first-order valence-corrected chi connectivity index (χ1v) is 8.23. The van der Waals surface area contributed by atoms with Gasteiger partial charge < -0.3 is 9.84 Å². The fourth-order valence-electron chi connectivity index (χ4n) is 2.68. The van der Waals surface area contributed by atoms with Gasteiger partial charge in [-0.25, -0.2) is 4.79 Å². The lowest BCUT2D eigenvalue weighted by molar-refractivity contribution is -0.144. The number of aliphatic carboxylic acids is 1. The molecule has 2 aromatic rings. The van der Waals surface area contributed by atoms with Crippen molar-refractivity contribution in [2.24, 2.45) is 0 Å². The van der Waals surface area contributed by atoms with Crippen molar-refractivity contribution in [1.29, 1.82) is 0 Å². The predicted molar refractivity (Wildman–Crippen MR) is 89.9 cm³/mol. The van der Waals surface area contributed by atoms with Crippen molar-refractivity contribution in [3.63, 3.8) is 0 Å². The largest absolute Gasteiger partial charge is 0.479 e. The molecule has 128 valence electrons. The Bertz CT molecular complexity index is 709. The average molecular weight is 329 g/mol. The number of para-hydroxylation sites is 1. The number of carboxylic acids is 1. The number of rotatable bonds is 8. The number of hydrogen-bond donors (Lipinski definition) is 2. The molecule has 24 heavy (non-hydrogen) atoms. The van der Waals surface area contributed by atoms with Crippen molar-refractivity contribution in [2.45, 2.75) is 44.9 Å². The third-order valence-electron chi connectivity index (χ3n) is 4.15. The van der Waals surface area contributed by atoms with Crippen LogP contribution in [0.25, 0.3) is 0 Å². The number of nitrogens with zero attached hydrogens (tertiary/aromatic N) is 2. The highest BCUT2D eigenvalue weighted by Gasteiger charge is 2.26. The third kappa shape index (κ3) is 4.14. The van der Waals surface area contributed by atoms with Crippen LogP contribution in [0.3, 0.4) is 0 Å². The summed E-state index contributed by atoms with van der Waals surface area (Å²) < 4.78 is 5.56. The second-order valence-corrected chi connectivity index (χ2v) is 6.47. The van der Waals surface area contributed by atoms with Crippen LogP contribution in [0.2, 0.25) is 0 Å². The Morgan fingerprint density at radius 2 is 2.17 bits per heavy atom. The quantitative estimate of drug-likeness (QED) is 0.778.